The van der Waals surface area contributed by atoms with E-state index in [1.165, 1.54) is 9.88 Å². The van der Waals surface area contributed by atoms with Crippen molar-refractivity contribution in [2.75, 3.05) is 26.2 Å². The van der Waals surface area contributed by atoms with Crippen LogP contribution in [-0.2, 0) is 14.8 Å². The zero-order chi connectivity index (χ0) is 22.8. The van der Waals surface area contributed by atoms with Gasteiger partial charge in [0.15, 0.2) is 0 Å². The Hall–Kier alpha value is -1.70. The third-order valence-corrected chi connectivity index (χ3v) is 8.58. The second-order valence-electron chi connectivity index (χ2n) is 9.37. The fourth-order valence-corrected chi connectivity index (χ4v) is 6.92. The largest absolute Gasteiger partial charge is 0.352 e. The quantitative estimate of drug-likeness (QED) is 0.680. The lowest BCUT2D eigenvalue weighted by atomic mass is 10.0. The summed E-state index contributed by atoms with van der Waals surface area (Å²) < 4.78 is 28.4. The zero-order valence-electron chi connectivity index (χ0n) is 19.6. The number of benzene rings is 1. The van der Waals surface area contributed by atoms with Gasteiger partial charge in [0, 0.05) is 32.2 Å². The fourth-order valence-electron chi connectivity index (χ4n) is 4.85. The number of rotatable bonds is 6. The number of carbonyl (C=O) groups is 1. The summed E-state index contributed by atoms with van der Waals surface area (Å²) in [5.41, 5.74) is 3.84. The van der Waals surface area contributed by atoms with Crippen molar-refractivity contribution in [3.63, 3.8) is 0 Å². The van der Waals surface area contributed by atoms with E-state index >= 15 is 0 Å². The normalized spacial score (nSPS) is 21.3. The fraction of sp³-hybridized carbons (Fsp3) is 0.625. The van der Waals surface area contributed by atoms with E-state index in [1.54, 1.807) is 0 Å². The molecule has 1 N–H and O–H groups in total. The highest BCUT2D eigenvalue weighted by Crippen LogP contribution is 2.31. The molecule has 2 heterocycles. The van der Waals surface area contributed by atoms with Crippen LogP contribution in [0.5, 0.6) is 0 Å². The van der Waals surface area contributed by atoms with Crippen molar-refractivity contribution in [3.8, 4) is 0 Å². The molecule has 31 heavy (non-hydrogen) atoms. The van der Waals surface area contributed by atoms with E-state index in [0.717, 1.165) is 49.2 Å². The lowest BCUT2D eigenvalue weighted by molar-refractivity contribution is -0.125. The first kappa shape index (κ1) is 24.0. The first-order valence-corrected chi connectivity index (χ1v) is 12.8. The molecule has 1 atom stereocenters. The van der Waals surface area contributed by atoms with Gasteiger partial charge in [-0.2, -0.15) is 4.31 Å². The molecule has 0 aromatic heterocycles. The van der Waals surface area contributed by atoms with Crippen molar-refractivity contribution >= 4 is 15.9 Å². The third-order valence-electron chi connectivity index (χ3n) is 6.37. The van der Waals surface area contributed by atoms with Gasteiger partial charge in [-0.25, -0.2) is 8.42 Å². The maximum Gasteiger partial charge on any atom is 0.244 e. The van der Waals surface area contributed by atoms with Gasteiger partial charge in [0.1, 0.15) is 6.04 Å². The summed E-state index contributed by atoms with van der Waals surface area (Å²) >= 11 is 0. The standard InChI is InChI=1S/C24H37N3O3S/c1-17(2)8-12-26-13-9-21(10-14-26)25-24(28)22-7-6-11-27(22)31(29,30)23-19(4)15-18(3)16-20(23)5/h8,15-16,21-22H,6-7,9-14H2,1-5H3,(H,25,28). The number of sulfonamides is 1. The average molecular weight is 448 g/mol. The Balaban J connectivity index is 1.67. The predicted octanol–water partition coefficient (Wildman–Crippen LogP) is 3.31. The minimum absolute atomic E-state index is 0.114. The van der Waals surface area contributed by atoms with Gasteiger partial charge in [0.25, 0.3) is 0 Å². The van der Waals surface area contributed by atoms with E-state index in [0.29, 0.717) is 24.3 Å². The lowest BCUT2D eigenvalue weighted by Gasteiger charge is -2.33. The van der Waals surface area contributed by atoms with Gasteiger partial charge in [-0.15, -0.1) is 0 Å². The van der Waals surface area contributed by atoms with E-state index in [9.17, 15) is 13.2 Å². The molecule has 1 aromatic carbocycles. The second-order valence-corrected chi connectivity index (χ2v) is 11.2. The molecule has 2 saturated heterocycles. The number of nitrogens with zero attached hydrogens (tertiary/aromatic N) is 2. The summed E-state index contributed by atoms with van der Waals surface area (Å²) in [5.74, 6) is -0.147. The number of hydrogen-bond acceptors (Lipinski definition) is 4. The Morgan fingerprint density at radius 2 is 1.68 bits per heavy atom. The van der Waals surface area contributed by atoms with Crippen molar-refractivity contribution in [2.45, 2.75) is 77.3 Å². The van der Waals surface area contributed by atoms with E-state index in [-0.39, 0.29) is 11.9 Å². The summed E-state index contributed by atoms with van der Waals surface area (Å²) in [7, 11) is -3.72. The number of amides is 1. The second kappa shape index (κ2) is 9.84. The maximum absolute atomic E-state index is 13.5. The van der Waals surface area contributed by atoms with Gasteiger partial charge in [0.2, 0.25) is 15.9 Å². The molecular formula is C24H37N3O3S. The van der Waals surface area contributed by atoms with Crippen molar-refractivity contribution in [1.82, 2.24) is 14.5 Å². The molecule has 2 aliphatic heterocycles. The SMILES string of the molecule is CC(C)=CCN1CCC(NC(=O)C2CCCN2S(=O)(=O)c2c(C)cc(C)cc2C)CC1. The molecule has 0 bridgehead atoms. The number of nitrogens with one attached hydrogen (secondary N) is 1. The summed E-state index contributed by atoms with van der Waals surface area (Å²) in [6, 6.07) is 3.29. The number of likely N-dealkylation sites (tertiary alicyclic amines) is 1. The molecule has 1 amide bonds. The third kappa shape index (κ3) is 5.57. The Morgan fingerprint density at radius 3 is 2.26 bits per heavy atom. The predicted molar refractivity (Wildman–Crippen MR) is 125 cm³/mol. The molecule has 2 aliphatic rings. The Labute approximate surface area is 187 Å². The zero-order valence-corrected chi connectivity index (χ0v) is 20.4. The minimum atomic E-state index is -3.72. The number of carbonyl (C=O) groups excluding carboxylic acids is 1. The van der Waals surface area contributed by atoms with Crippen molar-refractivity contribution in [1.29, 1.82) is 0 Å². The van der Waals surface area contributed by atoms with Crippen LogP contribution in [0.25, 0.3) is 0 Å². The van der Waals surface area contributed by atoms with Crippen LogP contribution in [0.1, 0.15) is 56.2 Å². The van der Waals surface area contributed by atoms with Crippen LogP contribution < -0.4 is 5.32 Å². The van der Waals surface area contributed by atoms with E-state index in [1.807, 2.05) is 32.9 Å². The Bertz CT molecular complexity index is 920. The molecule has 0 saturated carbocycles. The van der Waals surface area contributed by atoms with Gasteiger partial charge in [0.05, 0.1) is 4.90 Å². The van der Waals surface area contributed by atoms with Crippen molar-refractivity contribution < 1.29 is 13.2 Å². The molecule has 6 nitrogen and oxygen atoms in total. The van der Waals surface area contributed by atoms with Gasteiger partial charge in [-0.3, -0.25) is 9.69 Å². The van der Waals surface area contributed by atoms with Crippen LogP contribution in [0.2, 0.25) is 0 Å². The average Bonchev–Trinajstić information content (AvgIpc) is 3.17. The van der Waals surface area contributed by atoms with E-state index in [2.05, 4.69) is 30.1 Å². The molecule has 172 valence electrons. The van der Waals surface area contributed by atoms with Crippen LogP contribution in [0.4, 0.5) is 0 Å². The van der Waals surface area contributed by atoms with Crippen LogP contribution >= 0.6 is 0 Å². The van der Waals surface area contributed by atoms with Gasteiger partial charge >= 0.3 is 0 Å². The summed E-state index contributed by atoms with van der Waals surface area (Å²) in [4.78, 5) is 15.8. The summed E-state index contributed by atoms with van der Waals surface area (Å²) in [6.07, 6.45) is 5.32. The maximum atomic E-state index is 13.5. The highest BCUT2D eigenvalue weighted by molar-refractivity contribution is 7.89. The van der Waals surface area contributed by atoms with E-state index in [4.69, 9.17) is 0 Å². The monoisotopic (exact) mass is 447 g/mol. The molecule has 1 aromatic rings. The van der Waals surface area contributed by atoms with Gasteiger partial charge < -0.3 is 5.32 Å². The topological polar surface area (TPSA) is 69.7 Å². The lowest BCUT2D eigenvalue weighted by Crippen LogP contribution is -2.51. The number of piperidine rings is 1. The molecule has 0 radical (unpaired) electrons. The van der Waals surface area contributed by atoms with Crippen molar-refractivity contribution in [2.24, 2.45) is 0 Å². The molecule has 2 fully saturated rings. The molecule has 0 aliphatic carbocycles. The molecule has 7 heteroatoms. The first-order chi connectivity index (χ1) is 14.6. The van der Waals surface area contributed by atoms with Crippen molar-refractivity contribution in [3.05, 3.63) is 40.5 Å². The number of aryl methyl sites for hydroxylation is 3. The summed E-state index contributed by atoms with van der Waals surface area (Å²) in [5, 5.41) is 3.15. The number of allylic oxidation sites excluding steroid dienone is 1. The molecule has 1 unspecified atom stereocenters. The van der Waals surface area contributed by atoms with Crippen LogP contribution in [0, 0.1) is 20.8 Å². The van der Waals surface area contributed by atoms with Gasteiger partial charge in [-0.1, -0.05) is 29.3 Å². The Kier molecular flexibility index (Phi) is 7.60. The molecule has 0 spiro atoms. The van der Waals surface area contributed by atoms with E-state index < -0.39 is 16.1 Å². The number of hydrogen-bond donors (Lipinski definition) is 1. The molecular weight excluding hydrogens is 410 g/mol. The highest BCUT2D eigenvalue weighted by atomic mass is 32.2. The smallest absolute Gasteiger partial charge is 0.244 e. The molecule has 3 rings (SSSR count). The van der Waals surface area contributed by atoms with Gasteiger partial charge in [-0.05, 0) is 71.4 Å². The first-order valence-electron chi connectivity index (χ1n) is 11.4. The van der Waals surface area contributed by atoms with Crippen LogP contribution in [0.15, 0.2) is 28.7 Å². The summed E-state index contributed by atoms with van der Waals surface area (Å²) in [6.45, 7) is 13.1. The van der Waals surface area contributed by atoms with Crippen LogP contribution in [-0.4, -0.2) is 61.8 Å². The Morgan fingerprint density at radius 1 is 1.06 bits per heavy atom. The highest BCUT2D eigenvalue weighted by Gasteiger charge is 2.41. The minimum Gasteiger partial charge on any atom is -0.352 e. The van der Waals surface area contributed by atoms with Crippen LogP contribution in [0.3, 0.4) is 0 Å².